The van der Waals surface area contributed by atoms with Crippen molar-refractivity contribution in [2.75, 3.05) is 0 Å². The summed E-state index contributed by atoms with van der Waals surface area (Å²) in [5.41, 5.74) is 2.26. The molecule has 0 amide bonds. The fraction of sp³-hybridized carbons (Fsp3) is 0.200. The largest absolute Gasteiger partial charge is 0.486 e. The van der Waals surface area contributed by atoms with Crippen molar-refractivity contribution in [1.29, 1.82) is 0 Å². The van der Waals surface area contributed by atoms with E-state index < -0.39 is 6.10 Å². The predicted octanol–water partition coefficient (Wildman–Crippen LogP) is 2.99. The van der Waals surface area contributed by atoms with Gasteiger partial charge in [-0.2, -0.15) is 0 Å². The molecule has 0 heterocycles. The molecule has 2 aromatic carbocycles. The van der Waals surface area contributed by atoms with Gasteiger partial charge in [0.25, 0.3) is 0 Å². The Kier molecular flexibility index (Phi) is 2.76. The summed E-state index contributed by atoms with van der Waals surface area (Å²) < 4.78 is 19.4. The molecule has 92 valence electrons. The number of hydrogen-bond donors (Lipinski definition) is 1. The lowest BCUT2D eigenvalue weighted by atomic mass is 9.85. The first kappa shape index (κ1) is 11.2. The van der Waals surface area contributed by atoms with Crippen molar-refractivity contribution >= 4 is 0 Å². The minimum atomic E-state index is -0.516. The molecule has 1 aliphatic carbocycles. The van der Waals surface area contributed by atoms with Gasteiger partial charge in [0.05, 0.1) is 6.10 Å². The molecular formula is C15H13FO2. The number of hydrogen-bond acceptors (Lipinski definition) is 2. The van der Waals surface area contributed by atoms with Gasteiger partial charge >= 0.3 is 0 Å². The van der Waals surface area contributed by atoms with Crippen LogP contribution in [0.3, 0.4) is 0 Å². The van der Waals surface area contributed by atoms with Crippen molar-refractivity contribution < 1.29 is 14.2 Å². The van der Waals surface area contributed by atoms with Gasteiger partial charge in [0.15, 0.2) is 11.6 Å². The zero-order valence-corrected chi connectivity index (χ0v) is 9.77. The van der Waals surface area contributed by atoms with Crippen molar-refractivity contribution in [3.63, 3.8) is 0 Å². The minimum Gasteiger partial charge on any atom is -0.486 e. The van der Waals surface area contributed by atoms with Crippen molar-refractivity contribution in [3.05, 3.63) is 65.0 Å². The summed E-state index contributed by atoms with van der Waals surface area (Å²) >= 11 is 0. The predicted molar refractivity (Wildman–Crippen MR) is 65.8 cm³/mol. The van der Waals surface area contributed by atoms with Crippen molar-refractivity contribution in [3.8, 4) is 5.75 Å². The molecule has 3 rings (SSSR count). The maximum absolute atomic E-state index is 14.0. The first-order valence-electron chi connectivity index (χ1n) is 5.92. The Hall–Kier alpha value is -1.87. The first-order valence-corrected chi connectivity index (χ1v) is 5.92. The summed E-state index contributed by atoms with van der Waals surface area (Å²) in [6, 6.07) is 12.9. The van der Waals surface area contributed by atoms with Gasteiger partial charge in [-0.25, -0.2) is 4.39 Å². The molecule has 0 saturated heterocycles. The van der Waals surface area contributed by atoms with Crippen LogP contribution in [0.25, 0.3) is 0 Å². The molecule has 1 N–H and O–H groups in total. The number of halogens is 1. The standard InChI is InChI=1S/C15H13FO2/c16-15-12-8-13(17)11(12)6-7-14(15)18-9-10-4-2-1-3-5-10/h1-7,13,17H,8-9H2. The average molecular weight is 244 g/mol. The maximum Gasteiger partial charge on any atom is 0.168 e. The monoisotopic (exact) mass is 244 g/mol. The average Bonchev–Trinajstić information content (AvgIpc) is 2.39. The molecule has 0 radical (unpaired) electrons. The van der Waals surface area contributed by atoms with Gasteiger partial charge in [-0.1, -0.05) is 36.4 Å². The van der Waals surface area contributed by atoms with E-state index in [4.69, 9.17) is 4.74 Å². The number of aliphatic hydroxyl groups is 1. The maximum atomic E-state index is 14.0. The van der Waals surface area contributed by atoms with Gasteiger partial charge in [-0.05, 0) is 17.2 Å². The van der Waals surface area contributed by atoms with Gasteiger partial charge in [0, 0.05) is 12.0 Å². The van der Waals surface area contributed by atoms with Gasteiger partial charge < -0.3 is 9.84 Å². The Labute approximate surface area is 105 Å². The van der Waals surface area contributed by atoms with E-state index in [1.54, 1.807) is 12.1 Å². The van der Waals surface area contributed by atoms with Crippen molar-refractivity contribution in [1.82, 2.24) is 0 Å². The molecule has 0 aromatic heterocycles. The van der Waals surface area contributed by atoms with Crippen LogP contribution < -0.4 is 4.74 Å². The molecule has 0 saturated carbocycles. The smallest absolute Gasteiger partial charge is 0.168 e. The summed E-state index contributed by atoms with van der Waals surface area (Å²) in [6.07, 6.45) is -0.137. The van der Waals surface area contributed by atoms with Gasteiger partial charge in [0.1, 0.15) is 6.61 Å². The summed E-state index contributed by atoms with van der Waals surface area (Å²) in [4.78, 5) is 0. The fourth-order valence-corrected chi connectivity index (χ4v) is 2.15. The number of benzene rings is 2. The van der Waals surface area contributed by atoms with E-state index in [2.05, 4.69) is 0 Å². The van der Waals surface area contributed by atoms with Crippen LogP contribution in [0.5, 0.6) is 5.75 Å². The molecule has 18 heavy (non-hydrogen) atoms. The zero-order valence-electron chi connectivity index (χ0n) is 9.77. The highest BCUT2D eigenvalue weighted by molar-refractivity contribution is 5.45. The van der Waals surface area contributed by atoms with Crippen LogP contribution in [0.4, 0.5) is 4.39 Å². The van der Waals surface area contributed by atoms with Crippen LogP contribution in [-0.2, 0) is 13.0 Å². The van der Waals surface area contributed by atoms with Crippen LogP contribution >= 0.6 is 0 Å². The zero-order chi connectivity index (χ0) is 12.5. The fourth-order valence-electron chi connectivity index (χ4n) is 2.15. The first-order chi connectivity index (χ1) is 8.75. The SMILES string of the molecule is OC1Cc2c1ccc(OCc1ccccc1)c2F. The highest BCUT2D eigenvalue weighted by atomic mass is 19.1. The molecular weight excluding hydrogens is 231 g/mol. The van der Waals surface area contributed by atoms with E-state index in [0.29, 0.717) is 24.2 Å². The molecule has 2 nitrogen and oxygen atoms in total. The lowest BCUT2D eigenvalue weighted by Crippen LogP contribution is -2.19. The second kappa shape index (κ2) is 4.42. The van der Waals surface area contributed by atoms with E-state index in [9.17, 15) is 9.50 Å². The molecule has 0 spiro atoms. The Balaban J connectivity index is 1.76. The molecule has 1 aliphatic rings. The van der Waals surface area contributed by atoms with E-state index in [-0.39, 0.29) is 11.6 Å². The quantitative estimate of drug-likeness (QED) is 0.899. The Bertz CT molecular complexity index is 566. The van der Waals surface area contributed by atoms with E-state index >= 15 is 0 Å². The van der Waals surface area contributed by atoms with Crippen LogP contribution in [0, 0.1) is 5.82 Å². The molecule has 2 aromatic rings. The summed E-state index contributed by atoms with van der Waals surface area (Å²) in [5, 5.41) is 9.42. The van der Waals surface area contributed by atoms with E-state index in [0.717, 1.165) is 5.56 Å². The molecule has 1 unspecified atom stereocenters. The van der Waals surface area contributed by atoms with Gasteiger partial charge in [-0.3, -0.25) is 0 Å². The Morgan fingerprint density at radius 2 is 1.94 bits per heavy atom. The van der Waals surface area contributed by atoms with Crippen LogP contribution in [0.1, 0.15) is 22.8 Å². The highest BCUT2D eigenvalue weighted by Crippen LogP contribution is 2.38. The van der Waals surface area contributed by atoms with Crippen molar-refractivity contribution in [2.24, 2.45) is 0 Å². The van der Waals surface area contributed by atoms with E-state index in [1.165, 1.54) is 0 Å². The lowest BCUT2D eigenvalue weighted by molar-refractivity contribution is 0.149. The molecule has 0 bridgehead atoms. The molecule has 0 fully saturated rings. The summed E-state index contributed by atoms with van der Waals surface area (Å²) in [5.74, 6) is -0.0850. The minimum absolute atomic E-state index is 0.254. The molecule has 0 aliphatic heterocycles. The van der Waals surface area contributed by atoms with Crippen LogP contribution in [0.15, 0.2) is 42.5 Å². The highest BCUT2D eigenvalue weighted by Gasteiger charge is 2.29. The Morgan fingerprint density at radius 3 is 2.67 bits per heavy atom. The van der Waals surface area contributed by atoms with E-state index in [1.807, 2.05) is 30.3 Å². The third kappa shape index (κ3) is 1.87. The lowest BCUT2D eigenvalue weighted by Gasteiger charge is -2.26. The number of aliphatic hydroxyl groups excluding tert-OH is 1. The third-order valence-electron chi connectivity index (χ3n) is 3.24. The number of rotatable bonds is 3. The Morgan fingerprint density at radius 1 is 1.17 bits per heavy atom. The normalized spacial score (nSPS) is 16.9. The summed E-state index contributed by atoms with van der Waals surface area (Å²) in [7, 11) is 0. The van der Waals surface area contributed by atoms with Crippen LogP contribution in [-0.4, -0.2) is 5.11 Å². The van der Waals surface area contributed by atoms with Gasteiger partial charge in [0.2, 0.25) is 0 Å². The van der Waals surface area contributed by atoms with Crippen molar-refractivity contribution in [2.45, 2.75) is 19.1 Å². The second-order valence-electron chi connectivity index (χ2n) is 4.44. The van der Waals surface area contributed by atoms with Crippen LogP contribution in [0.2, 0.25) is 0 Å². The molecule has 3 heteroatoms. The van der Waals surface area contributed by atoms with Gasteiger partial charge in [-0.15, -0.1) is 0 Å². The third-order valence-corrected chi connectivity index (χ3v) is 3.24. The topological polar surface area (TPSA) is 29.5 Å². The second-order valence-corrected chi connectivity index (χ2v) is 4.44. The summed E-state index contributed by atoms with van der Waals surface area (Å²) in [6.45, 7) is 0.346. The number of fused-ring (bicyclic) bond motifs is 1. The molecule has 1 atom stereocenters. The number of ether oxygens (including phenoxy) is 1.